The number of carbonyl (C=O) groups excluding carboxylic acids is 2. The summed E-state index contributed by atoms with van der Waals surface area (Å²) in [6.07, 6.45) is 111. The van der Waals surface area contributed by atoms with Gasteiger partial charge in [-0.2, -0.15) is 0 Å². The Labute approximate surface area is 573 Å². The molecule has 2 atom stereocenters. The molecular weight excluding hydrogens is 1170 g/mol. The van der Waals surface area contributed by atoms with Crippen molar-refractivity contribution < 1.29 is 37.6 Å². The number of rotatable bonds is 71. The number of ether oxygens (including phenoxy) is 2. The van der Waals surface area contributed by atoms with Crippen molar-refractivity contribution >= 4 is 19.8 Å². The van der Waals surface area contributed by atoms with Gasteiger partial charge in [-0.25, -0.2) is 4.57 Å². The smallest absolute Gasteiger partial charge is 0.462 e. The van der Waals surface area contributed by atoms with Crippen molar-refractivity contribution in [2.24, 2.45) is 5.73 Å². The summed E-state index contributed by atoms with van der Waals surface area (Å²) in [4.78, 5) is 35.4. The molecule has 0 aromatic rings. The molecule has 0 spiro atoms. The maximum Gasteiger partial charge on any atom is 0.472 e. The molecule has 0 aliphatic heterocycles. The minimum atomic E-state index is -4.42. The summed E-state index contributed by atoms with van der Waals surface area (Å²) >= 11 is 0. The van der Waals surface area contributed by atoms with Crippen molar-refractivity contribution in [2.45, 2.75) is 341 Å². The van der Waals surface area contributed by atoms with Crippen LogP contribution in [0.5, 0.6) is 0 Å². The molecule has 532 valence electrons. The van der Waals surface area contributed by atoms with Crippen LogP contribution in [0.4, 0.5) is 0 Å². The number of carbonyl (C=O) groups is 2. The van der Waals surface area contributed by atoms with E-state index in [0.717, 1.165) is 103 Å². The predicted octanol–water partition coefficient (Wildman–Crippen LogP) is 25.8. The number of hydrogen-bond donors (Lipinski definition) is 2. The lowest BCUT2D eigenvalue weighted by Gasteiger charge is -2.19. The van der Waals surface area contributed by atoms with E-state index in [4.69, 9.17) is 24.3 Å². The van der Waals surface area contributed by atoms with Crippen molar-refractivity contribution in [3.8, 4) is 0 Å². The van der Waals surface area contributed by atoms with Crippen molar-refractivity contribution in [3.05, 3.63) is 146 Å². The molecule has 0 saturated heterocycles. The Balaban J connectivity index is 3.91. The Morgan fingerprint density at radius 3 is 0.903 bits per heavy atom. The lowest BCUT2D eigenvalue weighted by Crippen LogP contribution is -2.29. The van der Waals surface area contributed by atoms with Crippen molar-refractivity contribution in [3.63, 3.8) is 0 Å². The minimum Gasteiger partial charge on any atom is -0.462 e. The van der Waals surface area contributed by atoms with E-state index >= 15 is 0 Å². The van der Waals surface area contributed by atoms with Crippen molar-refractivity contribution in [1.82, 2.24) is 0 Å². The van der Waals surface area contributed by atoms with Gasteiger partial charge in [-0.05, 0) is 122 Å². The molecule has 0 saturated carbocycles. The van der Waals surface area contributed by atoms with E-state index in [1.165, 1.54) is 199 Å². The van der Waals surface area contributed by atoms with Crippen LogP contribution < -0.4 is 5.73 Å². The molecule has 0 amide bonds. The summed E-state index contributed by atoms with van der Waals surface area (Å²) < 4.78 is 33.2. The number of nitrogens with two attached hydrogens (primary N) is 1. The number of hydrogen-bond acceptors (Lipinski definition) is 8. The normalized spacial score (nSPS) is 13.7. The highest BCUT2D eigenvalue weighted by molar-refractivity contribution is 7.47. The number of esters is 2. The molecule has 3 N–H and O–H groups in total. The van der Waals surface area contributed by atoms with E-state index in [1.54, 1.807) is 0 Å². The van der Waals surface area contributed by atoms with Crippen LogP contribution in [0.1, 0.15) is 335 Å². The van der Waals surface area contributed by atoms with Crippen LogP contribution in [0.15, 0.2) is 146 Å². The van der Waals surface area contributed by atoms with Gasteiger partial charge in [0.15, 0.2) is 6.10 Å². The zero-order valence-corrected chi connectivity index (χ0v) is 60.8. The van der Waals surface area contributed by atoms with Gasteiger partial charge >= 0.3 is 19.8 Å². The van der Waals surface area contributed by atoms with Gasteiger partial charge in [0.1, 0.15) is 6.61 Å². The van der Waals surface area contributed by atoms with Gasteiger partial charge < -0.3 is 20.1 Å². The molecule has 9 nitrogen and oxygen atoms in total. The van der Waals surface area contributed by atoms with E-state index in [2.05, 4.69) is 160 Å². The first-order chi connectivity index (χ1) is 45.8. The van der Waals surface area contributed by atoms with Gasteiger partial charge in [0.25, 0.3) is 0 Å². The summed E-state index contributed by atoms with van der Waals surface area (Å²) in [6.45, 7) is 3.59. The van der Waals surface area contributed by atoms with E-state index in [-0.39, 0.29) is 32.6 Å². The van der Waals surface area contributed by atoms with Gasteiger partial charge in [-0.15, -0.1) is 0 Å². The number of allylic oxidation sites excluding steroid dienone is 24. The first kappa shape index (κ1) is 88.9. The summed E-state index contributed by atoms with van der Waals surface area (Å²) in [7, 11) is -4.42. The Kier molecular flexibility index (Phi) is 73.5. The standard InChI is InChI=1S/C83H142NO8P/c1-3-5-7-9-11-13-15-17-19-21-23-25-27-29-31-33-35-37-38-39-40-41-42-44-45-47-49-51-53-55-57-59-61-63-65-67-69-71-73-75-82(85)89-79-81(80-91-93(87,88)90-78-77-84)92-83(86)76-74-72-70-68-66-64-62-60-58-56-54-52-50-48-46-43-36-34-32-30-28-26-24-22-20-18-16-14-12-10-8-6-4-2/h6,8,12,14-15,17-18,20-21,23-24,26,30,32,36,43,48,50,54,56,60,62,66,68,81H,3-5,7,9-11,13,16,19,22,25,27-29,31,33-35,37-42,44-47,49,51-53,55,57-59,61,63-65,67,69-80,84H2,1-2H3,(H,87,88)/b8-6-,14-12-,17-15-,20-18-,23-21-,26-24-,32-30-,43-36-,50-48-,56-54-,62-60-,68-66-. The Morgan fingerprint density at radius 1 is 0.333 bits per heavy atom. The summed E-state index contributed by atoms with van der Waals surface area (Å²) in [5.74, 6) is -0.877. The maximum absolute atomic E-state index is 12.8. The molecule has 0 aliphatic carbocycles. The Bertz CT molecular complexity index is 2040. The Hall–Kier alpha value is -4.11. The van der Waals surface area contributed by atoms with Crippen molar-refractivity contribution in [2.75, 3.05) is 26.4 Å². The summed E-state index contributed by atoms with van der Waals surface area (Å²) in [6, 6.07) is 0. The summed E-state index contributed by atoms with van der Waals surface area (Å²) in [5.41, 5.74) is 5.40. The first-order valence-corrected chi connectivity index (χ1v) is 39.8. The molecule has 0 rings (SSSR count). The molecule has 0 bridgehead atoms. The van der Waals surface area contributed by atoms with E-state index < -0.39 is 32.5 Å². The topological polar surface area (TPSA) is 134 Å². The van der Waals surface area contributed by atoms with E-state index in [9.17, 15) is 19.0 Å². The second-order valence-electron chi connectivity index (χ2n) is 25.1. The monoisotopic (exact) mass is 1310 g/mol. The van der Waals surface area contributed by atoms with Crippen LogP contribution in [0.3, 0.4) is 0 Å². The van der Waals surface area contributed by atoms with Gasteiger partial charge in [0.2, 0.25) is 0 Å². The van der Waals surface area contributed by atoms with Crippen LogP contribution in [0.25, 0.3) is 0 Å². The lowest BCUT2D eigenvalue weighted by molar-refractivity contribution is -0.161. The SMILES string of the molecule is CC/C=C\C/C=C\C/C=C\C/C=C\C/C=C\C/C=C\C/C=C\C/C=C\C/C=C\C/C=C\CCCCC(=O)OC(COC(=O)CCCCCCCCCCCCCCCCCCCCCCCCCCCCC/C=C\C/C=C\CCCCCCC)COP(=O)(O)OCCN. The highest BCUT2D eigenvalue weighted by Gasteiger charge is 2.26. The molecule has 0 aromatic carbocycles. The largest absolute Gasteiger partial charge is 0.472 e. The Morgan fingerprint density at radius 2 is 0.591 bits per heavy atom. The van der Waals surface area contributed by atoms with Crippen LogP contribution in [-0.2, 0) is 32.7 Å². The van der Waals surface area contributed by atoms with Crippen molar-refractivity contribution in [1.29, 1.82) is 0 Å². The number of phosphoric acid groups is 1. The molecular formula is C83H142NO8P. The average Bonchev–Trinajstić information content (AvgIpc) is 3.32. The van der Waals surface area contributed by atoms with E-state index in [1.807, 2.05) is 0 Å². The zero-order valence-electron chi connectivity index (χ0n) is 59.9. The molecule has 93 heavy (non-hydrogen) atoms. The fourth-order valence-electron chi connectivity index (χ4n) is 10.6. The fourth-order valence-corrected chi connectivity index (χ4v) is 11.3. The third-order valence-electron chi connectivity index (χ3n) is 16.2. The number of unbranched alkanes of at least 4 members (excludes halogenated alkanes) is 34. The highest BCUT2D eigenvalue weighted by atomic mass is 31.2. The molecule has 0 aromatic heterocycles. The van der Waals surface area contributed by atoms with Gasteiger partial charge in [0, 0.05) is 19.4 Å². The van der Waals surface area contributed by atoms with Gasteiger partial charge in [-0.3, -0.25) is 18.6 Å². The molecule has 0 heterocycles. The second-order valence-corrected chi connectivity index (χ2v) is 26.6. The fraction of sp³-hybridized carbons (Fsp3) is 0.687. The van der Waals surface area contributed by atoms with Crippen LogP contribution >= 0.6 is 7.82 Å². The zero-order chi connectivity index (χ0) is 67.2. The summed E-state index contributed by atoms with van der Waals surface area (Å²) in [5, 5.41) is 0. The van der Waals surface area contributed by atoms with Gasteiger partial charge in [-0.1, -0.05) is 346 Å². The lowest BCUT2D eigenvalue weighted by atomic mass is 10.0. The molecule has 0 aliphatic rings. The highest BCUT2D eigenvalue weighted by Crippen LogP contribution is 2.43. The third-order valence-corrected chi connectivity index (χ3v) is 17.2. The van der Waals surface area contributed by atoms with Crippen LogP contribution in [0.2, 0.25) is 0 Å². The molecule has 0 fully saturated rings. The molecule has 10 heteroatoms. The second kappa shape index (κ2) is 76.9. The third kappa shape index (κ3) is 76.8. The van der Waals surface area contributed by atoms with E-state index in [0.29, 0.717) is 6.42 Å². The predicted molar refractivity (Wildman–Crippen MR) is 404 cm³/mol. The van der Waals surface area contributed by atoms with Crippen LogP contribution in [-0.4, -0.2) is 49.3 Å². The van der Waals surface area contributed by atoms with Gasteiger partial charge in [0.05, 0.1) is 13.2 Å². The molecule has 0 radical (unpaired) electrons. The minimum absolute atomic E-state index is 0.0401. The quantitative estimate of drug-likeness (QED) is 0.0264. The average molecular weight is 1310 g/mol. The first-order valence-electron chi connectivity index (χ1n) is 38.3. The maximum atomic E-state index is 12.8. The van der Waals surface area contributed by atoms with Crippen LogP contribution in [0, 0.1) is 0 Å². The number of phosphoric ester groups is 1. The molecule has 2 unspecified atom stereocenters.